The largest absolute Gasteiger partial charge is 0.488 e. The molecule has 0 radical (unpaired) electrons. The van der Waals surface area contributed by atoms with E-state index < -0.39 is 0 Å². The van der Waals surface area contributed by atoms with E-state index in [0.29, 0.717) is 22.9 Å². The van der Waals surface area contributed by atoms with E-state index in [-0.39, 0.29) is 5.78 Å². The molecule has 1 N–H and O–H groups in total. The zero-order valence-electron chi connectivity index (χ0n) is 15.0. The number of para-hydroxylation sites is 1. The van der Waals surface area contributed by atoms with E-state index in [4.69, 9.17) is 16.3 Å². The van der Waals surface area contributed by atoms with Crippen molar-refractivity contribution in [1.82, 2.24) is 0 Å². The summed E-state index contributed by atoms with van der Waals surface area (Å²) in [5, 5.41) is 3.78. The van der Waals surface area contributed by atoms with Crippen LogP contribution >= 0.6 is 11.6 Å². The second kappa shape index (κ2) is 9.06. The van der Waals surface area contributed by atoms with E-state index in [1.807, 2.05) is 67.6 Å². The maximum atomic E-state index is 12.5. The number of nitrogens with one attached hydrogen (secondary N) is 1. The Morgan fingerprint density at radius 3 is 2.44 bits per heavy atom. The van der Waals surface area contributed by atoms with Gasteiger partial charge in [-0.25, -0.2) is 0 Å². The number of ketones is 1. The number of halogens is 1. The highest BCUT2D eigenvalue weighted by Crippen LogP contribution is 2.21. The molecular formula is C23H20ClNO2. The Labute approximate surface area is 164 Å². The van der Waals surface area contributed by atoms with E-state index in [9.17, 15) is 4.79 Å². The normalized spacial score (nSPS) is 10.7. The molecule has 4 heteroatoms. The summed E-state index contributed by atoms with van der Waals surface area (Å²) in [6.45, 7) is 2.40. The van der Waals surface area contributed by atoms with Crippen LogP contribution in [0.5, 0.6) is 5.75 Å². The average molecular weight is 378 g/mol. The van der Waals surface area contributed by atoms with Gasteiger partial charge < -0.3 is 10.1 Å². The van der Waals surface area contributed by atoms with Crippen molar-refractivity contribution in [3.63, 3.8) is 0 Å². The van der Waals surface area contributed by atoms with Gasteiger partial charge >= 0.3 is 0 Å². The number of benzene rings is 3. The van der Waals surface area contributed by atoms with Crippen LogP contribution < -0.4 is 10.1 Å². The Hall–Kier alpha value is -3.04. The topological polar surface area (TPSA) is 38.3 Å². The SMILES string of the molecule is Cc1ccc(NC=CC(=O)c2ccccc2OCc2ccc(Cl)cc2)cc1. The van der Waals surface area contributed by atoms with Crippen molar-refractivity contribution in [2.24, 2.45) is 0 Å². The molecule has 0 saturated carbocycles. The van der Waals surface area contributed by atoms with Gasteiger partial charge in [-0.2, -0.15) is 0 Å². The maximum absolute atomic E-state index is 12.5. The molecule has 3 aromatic rings. The Bertz CT molecular complexity index is 931. The zero-order valence-corrected chi connectivity index (χ0v) is 15.7. The molecule has 0 bridgehead atoms. The number of carbonyl (C=O) groups excluding carboxylic acids is 1. The van der Waals surface area contributed by atoms with Gasteiger partial charge in [-0.05, 0) is 48.9 Å². The van der Waals surface area contributed by atoms with E-state index in [2.05, 4.69) is 5.32 Å². The Balaban J connectivity index is 1.65. The molecule has 0 unspecified atom stereocenters. The predicted molar refractivity (Wildman–Crippen MR) is 110 cm³/mol. The van der Waals surface area contributed by atoms with Crippen molar-refractivity contribution in [1.29, 1.82) is 0 Å². The second-order valence-electron chi connectivity index (χ2n) is 6.12. The minimum absolute atomic E-state index is 0.124. The van der Waals surface area contributed by atoms with Crippen molar-refractivity contribution >= 4 is 23.1 Å². The summed E-state index contributed by atoms with van der Waals surface area (Å²) in [5.74, 6) is 0.429. The number of hydrogen-bond acceptors (Lipinski definition) is 3. The van der Waals surface area contributed by atoms with E-state index in [0.717, 1.165) is 11.3 Å². The van der Waals surface area contributed by atoms with E-state index in [1.54, 1.807) is 18.3 Å². The van der Waals surface area contributed by atoms with Gasteiger partial charge in [0.1, 0.15) is 12.4 Å². The summed E-state index contributed by atoms with van der Waals surface area (Å²) in [7, 11) is 0. The molecule has 136 valence electrons. The fraction of sp³-hybridized carbons (Fsp3) is 0.0870. The van der Waals surface area contributed by atoms with Gasteiger partial charge in [-0.15, -0.1) is 0 Å². The lowest BCUT2D eigenvalue weighted by Gasteiger charge is -2.10. The van der Waals surface area contributed by atoms with Gasteiger partial charge in [-0.3, -0.25) is 4.79 Å². The Morgan fingerprint density at radius 1 is 1.00 bits per heavy atom. The van der Waals surface area contributed by atoms with Crippen LogP contribution in [0.25, 0.3) is 0 Å². The van der Waals surface area contributed by atoms with Crippen molar-refractivity contribution in [2.75, 3.05) is 5.32 Å². The summed E-state index contributed by atoms with van der Waals surface area (Å²) in [6.07, 6.45) is 3.15. The fourth-order valence-corrected chi connectivity index (χ4v) is 2.62. The molecule has 0 amide bonds. The van der Waals surface area contributed by atoms with Crippen molar-refractivity contribution in [3.8, 4) is 5.75 Å². The molecule has 0 spiro atoms. The lowest BCUT2D eigenvalue weighted by molar-refractivity contribution is 0.104. The summed E-state index contributed by atoms with van der Waals surface area (Å²) in [4.78, 5) is 12.5. The zero-order chi connectivity index (χ0) is 19.1. The molecule has 0 aromatic heterocycles. The highest BCUT2D eigenvalue weighted by molar-refractivity contribution is 6.30. The van der Waals surface area contributed by atoms with Gasteiger partial charge in [-0.1, -0.05) is 53.6 Å². The monoisotopic (exact) mass is 377 g/mol. The number of ether oxygens (including phenoxy) is 1. The van der Waals surface area contributed by atoms with Crippen molar-refractivity contribution in [3.05, 3.63) is 107 Å². The highest BCUT2D eigenvalue weighted by atomic mass is 35.5. The van der Waals surface area contributed by atoms with Gasteiger partial charge in [0.15, 0.2) is 5.78 Å². The molecular weight excluding hydrogens is 358 g/mol. The number of carbonyl (C=O) groups is 1. The van der Waals surface area contributed by atoms with Crippen LogP contribution in [0.3, 0.4) is 0 Å². The van der Waals surface area contributed by atoms with Crippen LogP contribution in [0, 0.1) is 6.92 Å². The Morgan fingerprint density at radius 2 is 1.70 bits per heavy atom. The quantitative estimate of drug-likeness (QED) is 0.403. The number of rotatable bonds is 7. The maximum Gasteiger partial charge on any atom is 0.191 e. The molecule has 0 fully saturated rings. The van der Waals surface area contributed by atoms with Crippen LogP contribution in [0.2, 0.25) is 5.02 Å². The third-order valence-electron chi connectivity index (χ3n) is 4.00. The van der Waals surface area contributed by atoms with Gasteiger partial charge in [0.25, 0.3) is 0 Å². The number of aryl methyl sites for hydroxylation is 1. The first-order valence-corrected chi connectivity index (χ1v) is 9.00. The molecule has 0 aliphatic rings. The fourth-order valence-electron chi connectivity index (χ4n) is 2.49. The molecule has 3 aromatic carbocycles. The van der Waals surface area contributed by atoms with Gasteiger partial charge in [0, 0.05) is 23.0 Å². The van der Waals surface area contributed by atoms with Gasteiger partial charge in [0.05, 0.1) is 5.56 Å². The first-order chi connectivity index (χ1) is 13.1. The molecule has 0 heterocycles. The Kier molecular flexibility index (Phi) is 6.29. The summed E-state index contributed by atoms with van der Waals surface area (Å²) >= 11 is 5.90. The lowest BCUT2D eigenvalue weighted by Crippen LogP contribution is -2.03. The molecule has 3 nitrogen and oxygen atoms in total. The number of allylic oxidation sites excluding steroid dienone is 1. The molecule has 0 aliphatic carbocycles. The molecule has 0 aliphatic heterocycles. The molecule has 0 saturated heterocycles. The number of hydrogen-bond donors (Lipinski definition) is 1. The van der Waals surface area contributed by atoms with E-state index in [1.165, 1.54) is 11.6 Å². The first-order valence-electron chi connectivity index (χ1n) is 8.62. The van der Waals surface area contributed by atoms with Crippen LogP contribution in [0.15, 0.2) is 85.1 Å². The third kappa shape index (κ3) is 5.47. The standard InChI is InChI=1S/C23H20ClNO2/c1-17-6-12-20(13-7-17)25-15-14-22(26)21-4-2-3-5-23(21)27-16-18-8-10-19(24)11-9-18/h2-15,25H,16H2,1H3. The molecule has 0 atom stereocenters. The summed E-state index contributed by atoms with van der Waals surface area (Å²) in [6, 6.07) is 22.6. The second-order valence-corrected chi connectivity index (χ2v) is 6.56. The third-order valence-corrected chi connectivity index (χ3v) is 4.25. The van der Waals surface area contributed by atoms with Crippen molar-refractivity contribution in [2.45, 2.75) is 13.5 Å². The average Bonchev–Trinajstić information content (AvgIpc) is 2.69. The molecule has 27 heavy (non-hydrogen) atoms. The minimum atomic E-state index is -0.124. The first kappa shape index (κ1) is 18.7. The van der Waals surface area contributed by atoms with Crippen LogP contribution in [0.4, 0.5) is 5.69 Å². The lowest BCUT2D eigenvalue weighted by atomic mass is 10.1. The van der Waals surface area contributed by atoms with Crippen LogP contribution in [-0.2, 0) is 6.61 Å². The summed E-state index contributed by atoms with van der Waals surface area (Å²) < 4.78 is 5.84. The smallest absolute Gasteiger partial charge is 0.191 e. The predicted octanol–water partition coefficient (Wildman–Crippen LogP) is 6.04. The highest BCUT2D eigenvalue weighted by Gasteiger charge is 2.09. The van der Waals surface area contributed by atoms with Crippen LogP contribution in [0.1, 0.15) is 21.5 Å². The van der Waals surface area contributed by atoms with Gasteiger partial charge in [0.2, 0.25) is 0 Å². The minimum Gasteiger partial charge on any atom is -0.488 e. The van der Waals surface area contributed by atoms with Crippen LogP contribution in [-0.4, -0.2) is 5.78 Å². The van der Waals surface area contributed by atoms with E-state index >= 15 is 0 Å². The molecule has 3 rings (SSSR count). The number of anilines is 1. The summed E-state index contributed by atoms with van der Waals surface area (Å²) in [5.41, 5.74) is 3.62. The van der Waals surface area contributed by atoms with Crippen molar-refractivity contribution < 1.29 is 9.53 Å².